The predicted molar refractivity (Wildman–Crippen MR) is 163 cm³/mol. The van der Waals surface area contributed by atoms with Crippen molar-refractivity contribution in [3.05, 3.63) is 52.9 Å². The highest BCUT2D eigenvalue weighted by Crippen LogP contribution is 2.66. The van der Waals surface area contributed by atoms with Gasteiger partial charge in [0.1, 0.15) is 17.0 Å². The van der Waals surface area contributed by atoms with E-state index in [1.807, 2.05) is 19.9 Å². The number of hydrogen-bond donors (Lipinski definition) is 4. The third-order valence-corrected chi connectivity index (χ3v) is 11.6. The molecule has 2 saturated carbocycles. The minimum atomic E-state index is -1.18. The fraction of sp³-hybridized carbons (Fsp3) is 0.647. The van der Waals surface area contributed by atoms with Crippen molar-refractivity contribution < 1.29 is 29.6 Å². The maximum absolute atomic E-state index is 12.5. The zero-order valence-electron chi connectivity index (χ0n) is 26.2. The van der Waals surface area contributed by atoms with Crippen LogP contribution in [0.1, 0.15) is 108 Å². The van der Waals surface area contributed by atoms with Gasteiger partial charge in [0.15, 0.2) is 0 Å². The van der Waals surface area contributed by atoms with Gasteiger partial charge in [0.05, 0.1) is 30.5 Å². The Hall–Kier alpha value is -3.24. The van der Waals surface area contributed by atoms with E-state index in [1.165, 1.54) is 18.1 Å². The van der Waals surface area contributed by atoms with Crippen LogP contribution in [0, 0.1) is 17.3 Å². The summed E-state index contributed by atoms with van der Waals surface area (Å²) >= 11 is 0. The van der Waals surface area contributed by atoms with Gasteiger partial charge in [-0.2, -0.15) is 0 Å². The van der Waals surface area contributed by atoms with Crippen LogP contribution in [-0.4, -0.2) is 60.4 Å². The smallest absolute Gasteiger partial charge is 0.331 e. The summed E-state index contributed by atoms with van der Waals surface area (Å²) in [6.07, 6.45) is 9.71. The molecule has 8 atom stereocenters. The Morgan fingerprint density at radius 3 is 2.66 bits per heavy atom. The number of aliphatic carboxylic acids is 1. The molecule has 2 fully saturated rings. The molecule has 0 bridgehead atoms. The number of phenols is 1. The molecule has 6 rings (SSSR count). The van der Waals surface area contributed by atoms with Crippen molar-refractivity contribution in [3.63, 3.8) is 0 Å². The van der Waals surface area contributed by atoms with Gasteiger partial charge in [0.2, 0.25) is 5.91 Å². The summed E-state index contributed by atoms with van der Waals surface area (Å²) in [6, 6.07) is 4.60. The lowest BCUT2D eigenvalue weighted by atomic mass is 9.53. The first-order valence-electron chi connectivity index (χ1n) is 16.3. The van der Waals surface area contributed by atoms with Gasteiger partial charge in [0, 0.05) is 24.3 Å². The average molecular weight is 607 g/mol. The maximum atomic E-state index is 12.5. The molecule has 1 aromatic heterocycles. The summed E-state index contributed by atoms with van der Waals surface area (Å²) in [5, 5.41) is 44.5. The molecule has 10 heteroatoms. The number of carboxylic acid groups (broad SMARTS) is 1. The Kier molecular flexibility index (Phi) is 8.11. The van der Waals surface area contributed by atoms with Crippen molar-refractivity contribution in [1.82, 2.24) is 20.3 Å². The number of carbonyl (C=O) groups excluding carboxylic acids is 1. The van der Waals surface area contributed by atoms with Gasteiger partial charge in [-0.15, -0.1) is 5.10 Å². The molecule has 3 unspecified atom stereocenters. The fourth-order valence-corrected chi connectivity index (χ4v) is 9.23. The summed E-state index contributed by atoms with van der Waals surface area (Å²) in [5.41, 5.74) is 1.72. The van der Waals surface area contributed by atoms with Gasteiger partial charge in [-0.1, -0.05) is 32.1 Å². The van der Waals surface area contributed by atoms with Crippen LogP contribution in [0.25, 0.3) is 0 Å². The molecule has 2 aromatic rings. The lowest BCUT2D eigenvalue weighted by molar-refractivity contribution is -0.134. The molecule has 1 aromatic carbocycles. The number of ether oxygens (including phenoxy) is 1. The van der Waals surface area contributed by atoms with Gasteiger partial charge in [-0.25, -0.2) is 9.48 Å². The molecule has 0 radical (unpaired) electrons. The number of benzene rings is 1. The summed E-state index contributed by atoms with van der Waals surface area (Å²) in [7, 11) is 0. The van der Waals surface area contributed by atoms with Crippen LogP contribution in [0.3, 0.4) is 0 Å². The third-order valence-electron chi connectivity index (χ3n) is 11.6. The first kappa shape index (κ1) is 30.8. The van der Waals surface area contributed by atoms with E-state index in [4.69, 9.17) is 4.74 Å². The molecule has 4 N–H and O–H groups in total. The Labute approximate surface area is 258 Å². The summed E-state index contributed by atoms with van der Waals surface area (Å²) < 4.78 is 7.99. The second-order valence-corrected chi connectivity index (χ2v) is 13.8. The van der Waals surface area contributed by atoms with Crippen molar-refractivity contribution in [2.24, 2.45) is 17.3 Å². The Morgan fingerprint density at radius 2 is 1.95 bits per heavy atom. The number of amides is 1. The van der Waals surface area contributed by atoms with E-state index in [-0.39, 0.29) is 24.0 Å². The monoisotopic (exact) mass is 606 g/mol. The van der Waals surface area contributed by atoms with Crippen LogP contribution in [0.4, 0.5) is 0 Å². The lowest BCUT2D eigenvalue weighted by Gasteiger charge is -2.52. The zero-order valence-corrected chi connectivity index (χ0v) is 26.2. The number of fused-ring (bicyclic) bond motifs is 5. The van der Waals surface area contributed by atoms with Crippen molar-refractivity contribution in [2.75, 3.05) is 0 Å². The van der Waals surface area contributed by atoms with Crippen LogP contribution in [0.15, 0.2) is 36.0 Å². The molecule has 4 aliphatic rings. The Bertz CT molecular complexity index is 1450. The zero-order chi connectivity index (χ0) is 31.4. The number of aromatic hydroxyl groups is 1. The predicted octanol–water partition coefficient (Wildman–Crippen LogP) is 4.76. The van der Waals surface area contributed by atoms with Gasteiger partial charge in [0.25, 0.3) is 0 Å². The maximum Gasteiger partial charge on any atom is 0.331 e. The molecule has 0 aliphatic heterocycles. The second kappa shape index (κ2) is 11.6. The van der Waals surface area contributed by atoms with Crippen LogP contribution >= 0.6 is 0 Å². The highest BCUT2D eigenvalue weighted by Gasteiger charge is 2.63. The lowest BCUT2D eigenvalue weighted by Crippen LogP contribution is -2.52. The summed E-state index contributed by atoms with van der Waals surface area (Å²) in [5.74, 6) is 0.233. The number of aliphatic hydroxyl groups is 1. The first-order chi connectivity index (χ1) is 21.0. The van der Waals surface area contributed by atoms with Gasteiger partial charge >= 0.3 is 5.97 Å². The number of nitrogens with zero attached hydrogens (tertiary/aromatic N) is 3. The average Bonchev–Trinajstić information content (AvgIpc) is 3.59. The highest BCUT2D eigenvalue weighted by molar-refractivity contribution is 5.87. The molecular formula is C34H46N4O6. The molecule has 10 nitrogen and oxygen atoms in total. The van der Waals surface area contributed by atoms with Gasteiger partial charge < -0.3 is 25.4 Å². The molecule has 1 amide bonds. The topological polar surface area (TPSA) is 147 Å². The highest BCUT2D eigenvalue weighted by atomic mass is 16.5. The standard InChI is InChI=1S/C34H46N4O6/c1-5-23(6-2)44-29-17-21(32(41)42)16-28(31(29)35-19(3)39)38-18-30(36-37-38)34(43)14-12-27-26-9-7-20-15-22(40)8-10-24(20)25(26)11-13-33(27,34)4/h8,10,15-16,18,23,25-29,31,40,43H,5-7,9,11-14,17H2,1-4H3,(H,35,39)(H,41,42)/t25?,26?,27?,28-,29+,31+,33-,34+/m0/s1. The number of aromatic nitrogens is 3. The molecule has 0 saturated heterocycles. The van der Waals surface area contributed by atoms with E-state index in [1.54, 1.807) is 23.0 Å². The SMILES string of the molecule is CCC(CC)O[C@@H]1CC(C(=O)O)=C[C@H](n2cc([C@]3(O)CCC4C5CCc6cc(O)ccc6C5CC[C@@]43C)nn2)[C@H]1NC(C)=O. The summed E-state index contributed by atoms with van der Waals surface area (Å²) in [6.45, 7) is 7.70. The van der Waals surface area contributed by atoms with Crippen LogP contribution < -0.4 is 5.32 Å². The largest absolute Gasteiger partial charge is 0.508 e. The van der Waals surface area contributed by atoms with Crippen molar-refractivity contribution in [3.8, 4) is 5.75 Å². The molecule has 44 heavy (non-hydrogen) atoms. The third kappa shape index (κ3) is 5.04. The van der Waals surface area contributed by atoms with Gasteiger partial charge in [-0.3, -0.25) is 4.79 Å². The second-order valence-electron chi connectivity index (χ2n) is 13.8. The van der Waals surface area contributed by atoms with E-state index in [2.05, 4.69) is 28.6 Å². The van der Waals surface area contributed by atoms with Crippen molar-refractivity contribution in [2.45, 2.75) is 121 Å². The number of aryl methyl sites for hydroxylation is 1. The fourth-order valence-electron chi connectivity index (χ4n) is 9.23. The minimum Gasteiger partial charge on any atom is -0.508 e. The van der Waals surface area contributed by atoms with E-state index in [0.29, 0.717) is 35.6 Å². The van der Waals surface area contributed by atoms with Crippen molar-refractivity contribution in [1.29, 1.82) is 0 Å². The summed E-state index contributed by atoms with van der Waals surface area (Å²) in [4.78, 5) is 24.5. The quantitative estimate of drug-likeness (QED) is 0.336. The van der Waals surface area contributed by atoms with Crippen molar-refractivity contribution >= 4 is 11.9 Å². The number of carboxylic acids is 1. The van der Waals surface area contributed by atoms with E-state index >= 15 is 0 Å². The Balaban J connectivity index is 1.31. The number of carbonyl (C=O) groups is 2. The number of phenolic OH excluding ortho intramolecular Hbond substituents is 1. The first-order valence-corrected chi connectivity index (χ1v) is 16.3. The number of hydrogen-bond acceptors (Lipinski definition) is 7. The van der Waals surface area contributed by atoms with Crippen LogP contribution in [0.5, 0.6) is 5.75 Å². The normalized spacial score (nSPS) is 34.5. The molecular weight excluding hydrogens is 560 g/mol. The van der Waals surface area contributed by atoms with Crippen LogP contribution in [0.2, 0.25) is 0 Å². The molecule has 1 heterocycles. The Morgan fingerprint density at radius 1 is 1.18 bits per heavy atom. The minimum absolute atomic E-state index is 0.0694. The molecule has 0 spiro atoms. The van der Waals surface area contributed by atoms with E-state index in [9.17, 15) is 24.9 Å². The number of nitrogens with one attached hydrogen (secondary N) is 1. The van der Waals surface area contributed by atoms with E-state index < -0.39 is 35.2 Å². The number of rotatable bonds is 8. The van der Waals surface area contributed by atoms with Crippen LogP contribution in [-0.2, 0) is 26.3 Å². The molecule has 238 valence electrons. The van der Waals surface area contributed by atoms with E-state index in [0.717, 1.165) is 44.9 Å². The van der Waals surface area contributed by atoms with Gasteiger partial charge in [-0.05, 0) is 98.5 Å². The molecule has 4 aliphatic carbocycles.